The Kier molecular flexibility index (Phi) is 6.24. The van der Waals surface area contributed by atoms with Gasteiger partial charge in [0.2, 0.25) is 5.91 Å². The Balaban J connectivity index is 3.55. The van der Waals surface area contributed by atoms with Crippen molar-refractivity contribution in [2.75, 3.05) is 20.3 Å². The predicted molar refractivity (Wildman–Crippen MR) is 53.5 cm³/mol. The number of methoxy groups -OCH3 is 1. The molecule has 0 heterocycles. The van der Waals surface area contributed by atoms with Gasteiger partial charge in [-0.15, -0.1) is 0 Å². The minimum atomic E-state index is 0.0625. The quantitative estimate of drug-likeness (QED) is 0.634. The van der Waals surface area contributed by atoms with E-state index in [0.29, 0.717) is 19.6 Å². The standard InChI is InChI=1S/C10H19NO2/c1-8(2)6-11-10(12)5-9(3)7-13-4/h9H,1,5-7H2,2-4H3,(H,11,12). The van der Waals surface area contributed by atoms with E-state index in [1.165, 1.54) is 0 Å². The van der Waals surface area contributed by atoms with Crippen LogP contribution in [0.15, 0.2) is 12.2 Å². The zero-order chi connectivity index (χ0) is 10.3. The number of hydrogen-bond donors (Lipinski definition) is 1. The van der Waals surface area contributed by atoms with E-state index in [9.17, 15) is 4.79 Å². The molecule has 0 aliphatic carbocycles. The molecule has 0 aromatic heterocycles. The number of hydrogen-bond acceptors (Lipinski definition) is 2. The summed E-state index contributed by atoms with van der Waals surface area (Å²) in [6.45, 7) is 8.77. The van der Waals surface area contributed by atoms with Gasteiger partial charge in [0.05, 0.1) is 0 Å². The third-order valence-electron chi connectivity index (χ3n) is 1.57. The van der Waals surface area contributed by atoms with Crippen LogP contribution in [0.2, 0.25) is 0 Å². The van der Waals surface area contributed by atoms with Gasteiger partial charge in [-0.05, 0) is 12.8 Å². The molecule has 1 amide bonds. The molecule has 1 N–H and O–H groups in total. The van der Waals surface area contributed by atoms with E-state index in [4.69, 9.17) is 4.74 Å². The number of carbonyl (C=O) groups is 1. The third-order valence-corrected chi connectivity index (χ3v) is 1.57. The summed E-state index contributed by atoms with van der Waals surface area (Å²) in [5.74, 6) is 0.336. The molecule has 0 saturated heterocycles. The molecule has 3 heteroatoms. The summed E-state index contributed by atoms with van der Waals surface area (Å²) in [7, 11) is 1.64. The first-order valence-electron chi connectivity index (χ1n) is 4.46. The lowest BCUT2D eigenvalue weighted by molar-refractivity contribution is -0.122. The van der Waals surface area contributed by atoms with Gasteiger partial charge in [0, 0.05) is 26.7 Å². The van der Waals surface area contributed by atoms with Crippen molar-refractivity contribution < 1.29 is 9.53 Å². The van der Waals surface area contributed by atoms with Gasteiger partial charge in [-0.1, -0.05) is 19.1 Å². The van der Waals surface area contributed by atoms with Crippen molar-refractivity contribution in [1.29, 1.82) is 0 Å². The molecular weight excluding hydrogens is 166 g/mol. The smallest absolute Gasteiger partial charge is 0.220 e. The lowest BCUT2D eigenvalue weighted by atomic mass is 10.1. The van der Waals surface area contributed by atoms with Crippen molar-refractivity contribution >= 4 is 5.91 Å². The molecule has 0 radical (unpaired) electrons. The molecule has 1 unspecified atom stereocenters. The van der Waals surface area contributed by atoms with Crippen molar-refractivity contribution in [2.24, 2.45) is 5.92 Å². The van der Waals surface area contributed by atoms with Crippen molar-refractivity contribution in [2.45, 2.75) is 20.3 Å². The normalized spacial score (nSPS) is 12.2. The maximum atomic E-state index is 11.2. The summed E-state index contributed by atoms with van der Waals surface area (Å²) in [4.78, 5) is 11.2. The van der Waals surface area contributed by atoms with E-state index in [2.05, 4.69) is 11.9 Å². The second-order valence-electron chi connectivity index (χ2n) is 3.50. The largest absolute Gasteiger partial charge is 0.384 e. The van der Waals surface area contributed by atoms with E-state index < -0.39 is 0 Å². The maximum absolute atomic E-state index is 11.2. The Morgan fingerprint density at radius 2 is 2.23 bits per heavy atom. The van der Waals surface area contributed by atoms with Crippen LogP contribution in [0, 0.1) is 5.92 Å². The lowest BCUT2D eigenvalue weighted by Gasteiger charge is -2.10. The summed E-state index contributed by atoms with van der Waals surface area (Å²) in [6, 6.07) is 0. The van der Waals surface area contributed by atoms with Crippen molar-refractivity contribution in [3.8, 4) is 0 Å². The molecule has 0 bridgehead atoms. The lowest BCUT2D eigenvalue weighted by Crippen LogP contribution is -2.27. The Labute approximate surface area is 80.2 Å². The van der Waals surface area contributed by atoms with Gasteiger partial charge in [-0.25, -0.2) is 0 Å². The number of ether oxygens (including phenoxy) is 1. The average molecular weight is 185 g/mol. The van der Waals surface area contributed by atoms with Gasteiger partial charge in [-0.2, -0.15) is 0 Å². The van der Waals surface area contributed by atoms with Gasteiger partial charge < -0.3 is 10.1 Å². The molecule has 0 aromatic rings. The molecule has 0 fully saturated rings. The first kappa shape index (κ1) is 12.2. The second kappa shape index (κ2) is 6.66. The summed E-state index contributed by atoms with van der Waals surface area (Å²) in [5.41, 5.74) is 0.966. The minimum Gasteiger partial charge on any atom is -0.384 e. The third kappa shape index (κ3) is 7.53. The first-order valence-corrected chi connectivity index (χ1v) is 4.46. The molecular formula is C10H19NO2. The number of carbonyl (C=O) groups excluding carboxylic acids is 1. The highest BCUT2D eigenvalue weighted by Crippen LogP contribution is 2.01. The molecule has 0 aromatic carbocycles. The topological polar surface area (TPSA) is 38.3 Å². The van der Waals surface area contributed by atoms with E-state index in [-0.39, 0.29) is 11.8 Å². The van der Waals surface area contributed by atoms with Crippen LogP contribution in [-0.2, 0) is 9.53 Å². The second-order valence-corrected chi connectivity index (χ2v) is 3.50. The first-order chi connectivity index (χ1) is 6.06. The molecule has 0 spiro atoms. The Morgan fingerprint density at radius 3 is 2.69 bits per heavy atom. The molecule has 0 aliphatic heterocycles. The summed E-state index contributed by atoms with van der Waals surface area (Å²) < 4.78 is 4.93. The van der Waals surface area contributed by atoms with Crippen LogP contribution in [0.4, 0.5) is 0 Å². The van der Waals surface area contributed by atoms with Gasteiger partial charge in [0.25, 0.3) is 0 Å². The molecule has 0 rings (SSSR count). The summed E-state index contributed by atoms with van der Waals surface area (Å²) in [5, 5.41) is 2.78. The minimum absolute atomic E-state index is 0.0625. The summed E-state index contributed by atoms with van der Waals surface area (Å²) in [6.07, 6.45) is 0.515. The Morgan fingerprint density at radius 1 is 1.62 bits per heavy atom. The molecule has 0 aliphatic rings. The number of rotatable bonds is 6. The van der Waals surface area contributed by atoms with Gasteiger partial charge >= 0.3 is 0 Å². The summed E-state index contributed by atoms with van der Waals surface area (Å²) >= 11 is 0. The SMILES string of the molecule is C=C(C)CNC(=O)CC(C)COC. The number of amides is 1. The van der Waals surface area contributed by atoms with Crippen LogP contribution in [0.3, 0.4) is 0 Å². The van der Waals surface area contributed by atoms with Crippen LogP contribution in [0.5, 0.6) is 0 Å². The van der Waals surface area contributed by atoms with E-state index in [1.54, 1.807) is 7.11 Å². The van der Waals surface area contributed by atoms with Crippen LogP contribution < -0.4 is 5.32 Å². The predicted octanol–water partition coefficient (Wildman–Crippen LogP) is 1.35. The van der Waals surface area contributed by atoms with Gasteiger partial charge in [0.15, 0.2) is 0 Å². The molecule has 1 atom stereocenters. The highest BCUT2D eigenvalue weighted by Gasteiger charge is 2.07. The van der Waals surface area contributed by atoms with Crippen LogP contribution in [0.25, 0.3) is 0 Å². The van der Waals surface area contributed by atoms with Crippen molar-refractivity contribution in [3.05, 3.63) is 12.2 Å². The van der Waals surface area contributed by atoms with Crippen molar-refractivity contribution in [1.82, 2.24) is 5.32 Å². The zero-order valence-corrected chi connectivity index (χ0v) is 8.72. The fourth-order valence-electron chi connectivity index (χ4n) is 0.982. The fourth-order valence-corrected chi connectivity index (χ4v) is 0.982. The van der Waals surface area contributed by atoms with Crippen LogP contribution in [-0.4, -0.2) is 26.2 Å². The van der Waals surface area contributed by atoms with Gasteiger partial charge in [0.1, 0.15) is 0 Å². The fraction of sp³-hybridized carbons (Fsp3) is 0.700. The average Bonchev–Trinajstić information content (AvgIpc) is 2.01. The van der Waals surface area contributed by atoms with Gasteiger partial charge in [-0.3, -0.25) is 4.79 Å². The van der Waals surface area contributed by atoms with E-state index in [0.717, 1.165) is 5.57 Å². The van der Waals surface area contributed by atoms with E-state index in [1.807, 2.05) is 13.8 Å². The highest BCUT2D eigenvalue weighted by atomic mass is 16.5. The Bertz CT molecular complexity index is 178. The van der Waals surface area contributed by atoms with Crippen LogP contribution >= 0.6 is 0 Å². The molecule has 0 saturated carbocycles. The molecule has 13 heavy (non-hydrogen) atoms. The van der Waals surface area contributed by atoms with Crippen LogP contribution in [0.1, 0.15) is 20.3 Å². The number of nitrogens with one attached hydrogen (secondary N) is 1. The van der Waals surface area contributed by atoms with Crippen molar-refractivity contribution in [3.63, 3.8) is 0 Å². The monoisotopic (exact) mass is 185 g/mol. The van der Waals surface area contributed by atoms with E-state index >= 15 is 0 Å². The maximum Gasteiger partial charge on any atom is 0.220 e. The zero-order valence-electron chi connectivity index (χ0n) is 8.72. The Hall–Kier alpha value is -0.830. The highest BCUT2D eigenvalue weighted by molar-refractivity contribution is 5.76. The molecule has 3 nitrogen and oxygen atoms in total. The molecule has 76 valence electrons.